The summed E-state index contributed by atoms with van der Waals surface area (Å²) < 4.78 is 35.6. The first-order valence-corrected chi connectivity index (χ1v) is 5.42. The molecule has 0 aliphatic carbocycles. The van der Waals surface area contributed by atoms with E-state index in [2.05, 4.69) is 0 Å². The van der Waals surface area contributed by atoms with Crippen molar-refractivity contribution < 1.29 is 17.7 Å². The van der Waals surface area contributed by atoms with Crippen LogP contribution in [0.15, 0.2) is 29.2 Å². The highest BCUT2D eigenvalue weighted by Crippen LogP contribution is 2.26. The van der Waals surface area contributed by atoms with Gasteiger partial charge in [0.15, 0.2) is 0 Å². The Bertz CT molecular complexity index is 488. The van der Waals surface area contributed by atoms with Crippen molar-refractivity contribution in [3.8, 4) is 5.75 Å². The van der Waals surface area contributed by atoms with Gasteiger partial charge in [-0.2, -0.15) is 8.42 Å². The van der Waals surface area contributed by atoms with Crippen LogP contribution < -0.4 is 4.74 Å². The third-order valence-corrected chi connectivity index (χ3v) is 2.76. The molecule has 0 atom stereocenters. The molecule has 1 aliphatic rings. The van der Waals surface area contributed by atoms with Crippen molar-refractivity contribution in [2.24, 2.45) is 0 Å². The molecule has 0 unspecified atom stereocenters. The lowest BCUT2D eigenvalue weighted by atomic mass is 10.1. The lowest BCUT2D eigenvalue weighted by Crippen LogP contribution is -2.03. The fraction of sp³-hybridized carbons (Fsp3) is 0.111. The maximum Gasteiger partial charge on any atom is 0.294 e. The zero-order valence-electron chi connectivity index (χ0n) is 7.17. The average Bonchev–Trinajstić information content (AvgIpc) is 2.16. The van der Waals surface area contributed by atoms with Gasteiger partial charge < -0.3 is 4.74 Å². The average molecular weight is 212 g/mol. The largest absolute Gasteiger partial charge is 0.489 e. The van der Waals surface area contributed by atoms with Crippen molar-refractivity contribution in [1.82, 2.24) is 0 Å². The number of hydrogen-bond donors (Lipinski definition) is 1. The van der Waals surface area contributed by atoms with E-state index in [9.17, 15) is 8.42 Å². The monoisotopic (exact) mass is 212 g/mol. The molecular formula is C9H8O4S. The first kappa shape index (κ1) is 9.23. The van der Waals surface area contributed by atoms with Gasteiger partial charge in [0, 0.05) is 5.56 Å². The maximum absolute atomic E-state index is 10.8. The number of ether oxygens (including phenoxy) is 1. The highest BCUT2D eigenvalue weighted by molar-refractivity contribution is 7.85. The Balaban J connectivity index is 2.56. The molecular weight excluding hydrogens is 204 g/mol. The van der Waals surface area contributed by atoms with Gasteiger partial charge in [0.25, 0.3) is 10.1 Å². The number of fused-ring (bicyclic) bond motifs is 1. The smallest absolute Gasteiger partial charge is 0.294 e. The van der Waals surface area contributed by atoms with Crippen molar-refractivity contribution in [3.05, 3.63) is 29.8 Å². The molecule has 1 aliphatic heterocycles. The zero-order chi connectivity index (χ0) is 10.2. The Morgan fingerprint density at radius 2 is 2.14 bits per heavy atom. The van der Waals surface area contributed by atoms with Crippen LogP contribution in [-0.2, 0) is 10.1 Å². The molecule has 1 aromatic rings. The molecule has 0 fully saturated rings. The van der Waals surface area contributed by atoms with Crippen molar-refractivity contribution in [3.63, 3.8) is 0 Å². The van der Waals surface area contributed by atoms with Crippen molar-refractivity contribution in [1.29, 1.82) is 0 Å². The van der Waals surface area contributed by atoms with E-state index in [0.717, 1.165) is 0 Å². The van der Waals surface area contributed by atoms with Gasteiger partial charge in [0.05, 0.1) is 4.90 Å². The summed E-state index contributed by atoms with van der Waals surface area (Å²) in [5, 5.41) is 0. The molecule has 14 heavy (non-hydrogen) atoms. The summed E-state index contributed by atoms with van der Waals surface area (Å²) in [6, 6.07) is 4.22. The Labute approximate surface area is 81.6 Å². The van der Waals surface area contributed by atoms with Gasteiger partial charge >= 0.3 is 0 Å². The molecule has 5 heteroatoms. The van der Waals surface area contributed by atoms with Gasteiger partial charge in [-0.15, -0.1) is 0 Å². The predicted octanol–water partition coefficient (Wildman–Crippen LogP) is 1.34. The topological polar surface area (TPSA) is 63.6 Å². The number of benzene rings is 1. The quantitative estimate of drug-likeness (QED) is 0.713. The Hall–Kier alpha value is -1.33. The van der Waals surface area contributed by atoms with Crippen LogP contribution in [0.4, 0.5) is 0 Å². The van der Waals surface area contributed by atoms with E-state index >= 15 is 0 Å². The molecule has 4 nitrogen and oxygen atoms in total. The molecule has 0 bridgehead atoms. The third-order valence-electron chi connectivity index (χ3n) is 1.91. The van der Waals surface area contributed by atoms with Gasteiger partial charge in [0.2, 0.25) is 0 Å². The minimum absolute atomic E-state index is 0.119. The molecule has 2 rings (SSSR count). The summed E-state index contributed by atoms with van der Waals surface area (Å²) in [6.07, 6.45) is 3.53. The van der Waals surface area contributed by atoms with Crippen LogP contribution in [0.25, 0.3) is 6.08 Å². The lowest BCUT2D eigenvalue weighted by molar-refractivity contribution is 0.358. The van der Waals surface area contributed by atoms with E-state index in [1.54, 1.807) is 12.2 Å². The minimum Gasteiger partial charge on any atom is -0.489 e. The van der Waals surface area contributed by atoms with Gasteiger partial charge in [-0.25, -0.2) is 0 Å². The van der Waals surface area contributed by atoms with Crippen LogP contribution >= 0.6 is 0 Å². The van der Waals surface area contributed by atoms with Crippen LogP contribution in [0, 0.1) is 0 Å². The molecule has 0 aromatic heterocycles. The van der Waals surface area contributed by atoms with E-state index in [0.29, 0.717) is 17.9 Å². The maximum atomic E-state index is 10.8. The second-order valence-corrected chi connectivity index (χ2v) is 4.31. The van der Waals surface area contributed by atoms with Crippen molar-refractivity contribution in [2.45, 2.75) is 4.90 Å². The molecule has 0 amide bonds. The summed E-state index contributed by atoms with van der Waals surface area (Å²) in [6.45, 7) is 0.484. The summed E-state index contributed by atoms with van der Waals surface area (Å²) in [5.74, 6) is 0.625. The third kappa shape index (κ3) is 1.64. The number of hydrogen-bond acceptors (Lipinski definition) is 3. The van der Waals surface area contributed by atoms with Crippen LogP contribution in [0.3, 0.4) is 0 Å². The highest BCUT2D eigenvalue weighted by Gasteiger charge is 2.13. The van der Waals surface area contributed by atoms with E-state index in [1.165, 1.54) is 18.2 Å². The van der Waals surface area contributed by atoms with Crippen LogP contribution in [-0.4, -0.2) is 19.6 Å². The van der Waals surface area contributed by atoms with E-state index < -0.39 is 10.1 Å². The van der Waals surface area contributed by atoms with Gasteiger partial charge in [0.1, 0.15) is 12.4 Å². The second kappa shape index (κ2) is 3.11. The zero-order valence-corrected chi connectivity index (χ0v) is 7.99. The van der Waals surface area contributed by atoms with Crippen LogP contribution in [0.1, 0.15) is 5.56 Å². The molecule has 0 saturated carbocycles. The fourth-order valence-corrected chi connectivity index (χ4v) is 1.78. The van der Waals surface area contributed by atoms with Gasteiger partial charge in [-0.1, -0.05) is 6.08 Å². The van der Waals surface area contributed by atoms with Crippen molar-refractivity contribution in [2.75, 3.05) is 6.61 Å². The highest BCUT2D eigenvalue weighted by atomic mass is 32.2. The molecule has 0 radical (unpaired) electrons. The Kier molecular flexibility index (Phi) is 2.05. The molecule has 1 aromatic carbocycles. The Morgan fingerprint density at radius 3 is 2.86 bits per heavy atom. The molecule has 74 valence electrons. The fourth-order valence-electron chi connectivity index (χ4n) is 1.26. The van der Waals surface area contributed by atoms with E-state index in [-0.39, 0.29) is 4.90 Å². The first-order valence-electron chi connectivity index (χ1n) is 3.98. The number of rotatable bonds is 1. The molecule has 1 heterocycles. The van der Waals surface area contributed by atoms with Crippen molar-refractivity contribution >= 4 is 16.2 Å². The minimum atomic E-state index is -4.13. The van der Waals surface area contributed by atoms with E-state index in [1.807, 2.05) is 0 Å². The summed E-state index contributed by atoms with van der Waals surface area (Å²) in [4.78, 5) is -0.119. The normalized spacial score (nSPS) is 14.6. The lowest BCUT2D eigenvalue weighted by Gasteiger charge is -2.12. The predicted molar refractivity (Wildman–Crippen MR) is 50.8 cm³/mol. The Morgan fingerprint density at radius 1 is 1.36 bits per heavy atom. The van der Waals surface area contributed by atoms with E-state index in [4.69, 9.17) is 9.29 Å². The van der Waals surface area contributed by atoms with Gasteiger partial charge in [-0.3, -0.25) is 4.55 Å². The molecule has 0 saturated heterocycles. The van der Waals surface area contributed by atoms with Gasteiger partial charge in [-0.05, 0) is 24.3 Å². The van der Waals surface area contributed by atoms with Crippen LogP contribution in [0.5, 0.6) is 5.75 Å². The molecule has 1 N–H and O–H groups in total. The molecule has 0 spiro atoms. The SMILES string of the molecule is O=S(=O)(O)c1ccc2c(c1)C=CCO2. The summed E-state index contributed by atoms with van der Waals surface area (Å²) in [7, 11) is -4.13. The summed E-state index contributed by atoms with van der Waals surface area (Å²) in [5.41, 5.74) is 0.659. The summed E-state index contributed by atoms with van der Waals surface area (Å²) >= 11 is 0. The first-order chi connectivity index (χ1) is 6.57. The van der Waals surface area contributed by atoms with Crippen LogP contribution in [0.2, 0.25) is 0 Å². The second-order valence-electron chi connectivity index (χ2n) is 2.89. The standard InChI is InChI=1S/C9H8O4S/c10-14(11,12)8-3-4-9-7(6-8)2-1-5-13-9/h1-4,6H,5H2,(H,10,11,12).